The first-order valence-electron chi connectivity index (χ1n) is 14.5. The summed E-state index contributed by atoms with van der Waals surface area (Å²) in [7, 11) is 0. The van der Waals surface area contributed by atoms with Crippen molar-refractivity contribution in [1.29, 1.82) is 0 Å². The number of aromatic nitrogens is 2. The molecule has 2 heterocycles. The van der Waals surface area contributed by atoms with Gasteiger partial charge < -0.3 is 4.42 Å². The van der Waals surface area contributed by atoms with E-state index in [1.807, 2.05) is 30.3 Å². The summed E-state index contributed by atoms with van der Waals surface area (Å²) >= 11 is 0. The average molecular weight is 549 g/mol. The van der Waals surface area contributed by atoms with E-state index in [0.717, 1.165) is 66.4 Å². The van der Waals surface area contributed by atoms with Gasteiger partial charge in [0, 0.05) is 27.3 Å². The third kappa shape index (κ3) is 3.75. The molecule has 0 unspecified atom stereocenters. The van der Waals surface area contributed by atoms with Crippen LogP contribution in [0.15, 0.2) is 150 Å². The molecule has 0 aliphatic heterocycles. The van der Waals surface area contributed by atoms with Crippen LogP contribution in [-0.4, -0.2) is 9.97 Å². The number of hydrogen-bond donors (Lipinski definition) is 0. The van der Waals surface area contributed by atoms with Crippen molar-refractivity contribution in [3.8, 4) is 33.8 Å². The van der Waals surface area contributed by atoms with Crippen molar-refractivity contribution in [2.75, 3.05) is 0 Å². The van der Waals surface area contributed by atoms with Crippen LogP contribution in [0.2, 0.25) is 0 Å². The Bertz CT molecular complexity index is 2510. The smallest absolute Gasteiger partial charge is 0.161 e. The Morgan fingerprint density at radius 3 is 1.95 bits per heavy atom. The van der Waals surface area contributed by atoms with Crippen LogP contribution in [0.1, 0.15) is 0 Å². The van der Waals surface area contributed by atoms with Crippen molar-refractivity contribution in [3.63, 3.8) is 0 Å². The maximum Gasteiger partial charge on any atom is 0.161 e. The topological polar surface area (TPSA) is 38.9 Å². The van der Waals surface area contributed by atoms with Crippen LogP contribution < -0.4 is 0 Å². The molecule has 2 aromatic heterocycles. The summed E-state index contributed by atoms with van der Waals surface area (Å²) in [6.07, 6.45) is 0. The number of rotatable bonds is 3. The molecular formula is C40H24N2O. The van der Waals surface area contributed by atoms with Crippen molar-refractivity contribution in [1.82, 2.24) is 9.97 Å². The highest BCUT2D eigenvalue weighted by Crippen LogP contribution is 2.40. The van der Waals surface area contributed by atoms with Crippen molar-refractivity contribution < 1.29 is 4.42 Å². The van der Waals surface area contributed by atoms with Gasteiger partial charge in [0.2, 0.25) is 0 Å². The molecule has 0 N–H and O–H groups in total. The van der Waals surface area contributed by atoms with Crippen molar-refractivity contribution in [2.45, 2.75) is 0 Å². The molecule has 7 aromatic carbocycles. The molecular weight excluding hydrogens is 524 g/mol. The summed E-state index contributed by atoms with van der Waals surface area (Å²) in [6.45, 7) is 0. The number of para-hydroxylation sites is 2. The van der Waals surface area contributed by atoms with E-state index in [0.29, 0.717) is 0 Å². The molecule has 0 radical (unpaired) electrons. The van der Waals surface area contributed by atoms with Crippen LogP contribution in [0.25, 0.3) is 88.2 Å². The summed E-state index contributed by atoms with van der Waals surface area (Å²) in [6, 6.07) is 50.8. The number of hydrogen-bond acceptors (Lipinski definition) is 3. The van der Waals surface area contributed by atoms with E-state index in [4.69, 9.17) is 14.4 Å². The summed E-state index contributed by atoms with van der Waals surface area (Å²) < 4.78 is 6.20. The van der Waals surface area contributed by atoms with Crippen molar-refractivity contribution in [3.05, 3.63) is 146 Å². The van der Waals surface area contributed by atoms with Crippen LogP contribution in [0.5, 0.6) is 0 Å². The molecule has 9 rings (SSSR count). The van der Waals surface area contributed by atoms with E-state index < -0.39 is 0 Å². The Hall–Kier alpha value is -5.80. The Labute approximate surface area is 247 Å². The lowest BCUT2D eigenvalue weighted by atomic mass is 9.92. The molecule has 0 atom stereocenters. The lowest BCUT2D eigenvalue weighted by molar-refractivity contribution is 0.669. The van der Waals surface area contributed by atoms with Crippen LogP contribution >= 0.6 is 0 Å². The van der Waals surface area contributed by atoms with Gasteiger partial charge in [0.05, 0.1) is 11.2 Å². The van der Waals surface area contributed by atoms with Gasteiger partial charge in [-0.25, -0.2) is 9.97 Å². The van der Waals surface area contributed by atoms with Crippen molar-refractivity contribution in [2.24, 2.45) is 0 Å². The quantitative estimate of drug-likeness (QED) is 0.220. The monoisotopic (exact) mass is 548 g/mol. The zero-order valence-corrected chi connectivity index (χ0v) is 23.2. The molecule has 0 aliphatic carbocycles. The fourth-order valence-corrected chi connectivity index (χ4v) is 6.47. The highest BCUT2D eigenvalue weighted by atomic mass is 16.3. The van der Waals surface area contributed by atoms with Crippen LogP contribution in [0.4, 0.5) is 0 Å². The molecule has 3 nitrogen and oxygen atoms in total. The first-order valence-corrected chi connectivity index (χ1v) is 14.5. The van der Waals surface area contributed by atoms with Crippen LogP contribution in [0, 0.1) is 0 Å². The zero-order chi connectivity index (χ0) is 28.3. The lowest BCUT2D eigenvalue weighted by Gasteiger charge is -2.14. The van der Waals surface area contributed by atoms with E-state index in [-0.39, 0.29) is 0 Å². The predicted octanol–water partition coefficient (Wildman–Crippen LogP) is 10.8. The highest BCUT2D eigenvalue weighted by Gasteiger charge is 2.16. The standard InChI is InChI=1S/C40H24N2O/c1-2-10-26(11-3-1)39-32-14-6-8-16-35(32)41-40(42-39)31-22-21-28(29-12-4-5-13-30(29)31)27-19-18-25-20-23-37-38(34(25)24-27)33-15-7-9-17-36(33)43-37/h1-24H. The fourth-order valence-electron chi connectivity index (χ4n) is 6.47. The second kappa shape index (κ2) is 9.37. The van der Waals surface area contributed by atoms with Crippen LogP contribution in [0.3, 0.4) is 0 Å². The minimum absolute atomic E-state index is 0.727. The largest absolute Gasteiger partial charge is 0.456 e. The molecule has 200 valence electrons. The van der Waals surface area contributed by atoms with E-state index in [2.05, 4.69) is 115 Å². The third-order valence-electron chi connectivity index (χ3n) is 8.49. The highest BCUT2D eigenvalue weighted by molar-refractivity contribution is 6.19. The minimum Gasteiger partial charge on any atom is -0.456 e. The van der Waals surface area contributed by atoms with Gasteiger partial charge >= 0.3 is 0 Å². The number of benzene rings is 7. The van der Waals surface area contributed by atoms with Gasteiger partial charge in [-0.3, -0.25) is 0 Å². The molecule has 0 saturated carbocycles. The van der Waals surface area contributed by atoms with Gasteiger partial charge in [-0.05, 0) is 63.0 Å². The van der Waals surface area contributed by atoms with Gasteiger partial charge in [0.25, 0.3) is 0 Å². The molecule has 0 fully saturated rings. The maximum atomic E-state index is 6.20. The average Bonchev–Trinajstić information content (AvgIpc) is 3.47. The SMILES string of the molecule is c1ccc(-c2nc(-c3ccc(-c4ccc5ccc6oc7ccccc7c6c5c4)c4ccccc34)nc3ccccc23)cc1. The second-order valence-electron chi connectivity index (χ2n) is 11.0. The normalized spacial score (nSPS) is 11.7. The molecule has 43 heavy (non-hydrogen) atoms. The van der Waals surface area contributed by atoms with Gasteiger partial charge in [-0.15, -0.1) is 0 Å². The van der Waals surface area contributed by atoms with Gasteiger partial charge in [0.1, 0.15) is 11.2 Å². The van der Waals surface area contributed by atoms with Gasteiger partial charge in [-0.1, -0.05) is 115 Å². The fraction of sp³-hybridized carbons (Fsp3) is 0. The number of fused-ring (bicyclic) bond motifs is 7. The molecule has 0 bridgehead atoms. The second-order valence-corrected chi connectivity index (χ2v) is 11.0. The van der Waals surface area contributed by atoms with Crippen molar-refractivity contribution >= 4 is 54.4 Å². The Kier molecular flexibility index (Phi) is 5.20. The van der Waals surface area contributed by atoms with Crippen LogP contribution in [-0.2, 0) is 0 Å². The molecule has 3 heteroatoms. The summed E-state index contributed by atoms with van der Waals surface area (Å²) in [5, 5.41) is 8.03. The lowest BCUT2D eigenvalue weighted by Crippen LogP contribution is -1.96. The zero-order valence-electron chi connectivity index (χ0n) is 23.2. The molecule has 0 amide bonds. The number of furan rings is 1. The molecule has 0 spiro atoms. The van der Waals surface area contributed by atoms with E-state index in [1.54, 1.807) is 0 Å². The predicted molar refractivity (Wildman–Crippen MR) is 178 cm³/mol. The minimum atomic E-state index is 0.727. The number of nitrogens with zero attached hydrogens (tertiary/aromatic N) is 2. The van der Waals surface area contributed by atoms with E-state index in [9.17, 15) is 0 Å². The Morgan fingerprint density at radius 1 is 0.419 bits per heavy atom. The molecule has 0 saturated heterocycles. The molecule has 0 aliphatic rings. The van der Waals surface area contributed by atoms with E-state index in [1.165, 1.54) is 21.7 Å². The first-order chi connectivity index (χ1) is 21.3. The Morgan fingerprint density at radius 2 is 1.09 bits per heavy atom. The van der Waals surface area contributed by atoms with Gasteiger partial charge in [-0.2, -0.15) is 0 Å². The van der Waals surface area contributed by atoms with E-state index >= 15 is 0 Å². The maximum absolute atomic E-state index is 6.20. The third-order valence-corrected chi connectivity index (χ3v) is 8.49. The summed E-state index contributed by atoms with van der Waals surface area (Å²) in [4.78, 5) is 10.2. The summed E-state index contributed by atoms with van der Waals surface area (Å²) in [5.74, 6) is 0.727. The van der Waals surface area contributed by atoms with Gasteiger partial charge in [0.15, 0.2) is 5.82 Å². The first kappa shape index (κ1) is 23.9. The Balaban J connectivity index is 1.27. The summed E-state index contributed by atoms with van der Waals surface area (Å²) in [5.41, 5.74) is 8.14. The molecule has 9 aromatic rings.